The first kappa shape index (κ1) is 18.1. The van der Waals surface area contributed by atoms with Gasteiger partial charge in [0.25, 0.3) is 0 Å². The lowest BCUT2D eigenvalue weighted by molar-refractivity contribution is -0.133. The molecular formula is C18H26N4O2. The van der Waals surface area contributed by atoms with Crippen molar-refractivity contribution in [3.05, 3.63) is 36.2 Å². The van der Waals surface area contributed by atoms with Crippen molar-refractivity contribution in [3.63, 3.8) is 0 Å². The summed E-state index contributed by atoms with van der Waals surface area (Å²) in [6, 6.07) is 3.69. The number of nitrogens with zero attached hydrogens (tertiary/aromatic N) is 3. The van der Waals surface area contributed by atoms with E-state index in [0.717, 1.165) is 37.9 Å². The van der Waals surface area contributed by atoms with Crippen LogP contribution in [0.25, 0.3) is 6.08 Å². The standard InChI is InChI=1S/C18H26N4O2/c1-21(2)18(24)16-5-3-13-22(16)14-4-10-20-17(23)7-6-15-8-11-19-12-9-15/h6-9,11-12,16H,3-5,10,13-14H2,1-2H3,(H,20,23)/b7-6+/t16-/m0/s1. The summed E-state index contributed by atoms with van der Waals surface area (Å²) in [5.41, 5.74) is 0.947. The van der Waals surface area contributed by atoms with Crippen molar-refractivity contribution in [2.45, 2.75) is 25.3 Å². The van der Waals surface area contributed by atoms with Gasteiger partial charge < -0.3 is 10.2 Å². The quantitative estimate of drug-likeness (QED) is 0.602. The van der Waals surface area contributed by atoms with E-state index in [1.54, 1.807) is 37.5 Å². The first-order valence-electron chi connectivity index (χ1n) is 8.39. The van der Waals surface area contributed by atoms with Crippen LogP contribution in [0, 0.1) is 0 Å². The third kappa shape index (κ3) is 5.45. The molecular weight excluding hydrogens is 304 g/mol. The molecule has 1 aliphatic heterocycles. The molecule has 0 aliphatic carbocycles. The van der Waals surface area contributed by atoms with Gasteiger partial charge in [-0.1, -0.05) is 0 Å². The summed E-state index contributed by atoms with van der Waals surface area (Å²) >= 11 is 0. The van der Waals surface area contributed by atoms with Gasteiger partial charge in [-0.3, -0.25) is 19.5 Å². The molecule has 2 amide bonds. The van der Waals surface area contributed by atoms with Crippen LogP contribution >= 0.6 is 0 Å². The maximum Gasteiger partial charge on any atom is 0.243 e. The molecule has 1 saturated heterocycles. The summed E-state index contributed by atoms with van der Waals surface area (Å²) in [4.78, 5) is 31.7. The van der Waals surface area contributed by atoms with Crippen molar-refractivity contribution in [1.29, 1.82) is 0 Å². The van der Waals surface area contributed by atoms with Crippen molar-refractivity contribution in [2.24, 2.45) is 0 Å². The van der Waals surface area contributed by atoms with Crippen LogP contribution in [0.3, 0.4) is 0 Å². The number of hydrogen-bond acceptors (Lipinski definition) is 4. The minimum Gasteiger partial charge on any atom is -0.353 e. The van der Waals surface area contributed by atoms with Gasteiger partial charge in [-0.2, -0.15) is 0 Å². The lowest BCUT2D eigenvalue weighted by atomic mass is 10.2. The van der Waals surface area contributed by atoms with Crippen molar-refractivity contribution in [2.75, 3.05) is 33.7 Å². The highest BCUT2D eigenvalue weighted by Crippen LogP contribution is 2.18. The second kappa shape index (κ2) is 9.17. The van der Waals surface area contributed by atoms with Crippen LogP contribution in [-0.2, 0) is 9.59 Å². The van der Waals surface area contributed by atoms with Gasteiger partial charge in [-0.25, -0.2) is 0 Å². The van der Waals surface area contributed by atoms with Gasteiger partial charge in [0.2, 0.25) is 11.8 Å². The smallest absolute Gasteiger partial charge is 0.243 e. The molecule has 6 nitrogen and oxygen atoms in total. The van der Waals surface area contributed by atoms with Crippen LogP contribution in [0.1, 0.15) is 24.8 Å². The Bertz CT molecular complexity index is 572. The Morgan fingerprint density at radius 3 is 2.83 bits per heavy atom. The molecule has 24 heavy (non-hydrogen) atoms. The van der Waals surface area contributed by atoms with Crippen LogP contribution in [-0.4, -0.2) is 66.4 Å². The number of likely N-dealkylation sites (tertiary alicyclic amines) is 1. The summed E-state index contributed by atoms with van der Waals surface area (Å²) in [6.07, 6.45) is 9.51. The van der Waals surface area contributed by atoms with Crippen molar-refractivity contribution < 1.29 is 9.59 Å². The average Bonchev–Trinajstić information content (AvgIpc) is 3.05. The monoisotopic (exact) mass is 330 g/mol. The average molecular weight is 330 g/mol. The predicted octanol–water partition coefficient (Wildman–Crippen LogP) is 1.15. The van der Waals surface area contributed by atoms with Gasteiger partial charge >= 0.3 is 0 Å². The van der Waals surface area contributed by atoms with E-state index in [9.17, 15) is 9.59 Å². The Balaban J connectivity index is 1.68. The molecule has 1 fully saturated rings. The Kier molecular flexibility index (Phi) is 6.93. The number of carbonyl (C=O) groups excluding carboxylic acids is 2. The summed E-state index contributed by atoms with van der Waals surface area (Å²) in [5.74, 6) is 0.0750. The number of carbonyl (C=O) groups is 2. The molecule has 2 heterocycles. The normalized spacial score (nSPS) is 18.0. The van der Waals surface area contributed by atoms with Crippen LogP contribution in [0.4, 0.5) is 0 Å². The number of hydrogen-bond donors (Lipinski definition) is 1. The molecule has 130 valence electrons. The lowest BCUT2D eigenvalue weighted by Gasteiger charge is -2.25. The van der Waals surface area contributed by atoms with E-state index in [0.29, 0.717) is 6.54 Å². The number of nitrogens with one attached hydrogen (secondary N) is 1. The minimum absolute atomic E-state index is 0.00212. The Labute approximate surface area is 143 Å². The summed E-state index contributed by atoms with van der Waals surface area (Å²) < 4.78 is 0. The number of aromatic nitrogens is 1. The molecule has 1 aromatic rings. The van der Waals surface area contributed by atoms with Crippen LogP contribution < -0.4 is 5.32 Å². The van der Waals surface area contributed by atoms with Crippen LogP contribution in [0.5, 0.6) is 0 Å². The Morgan fingerprint density at radius 1 is 1.38 bits per heavy atom. The van der Waals surface area contributed by atoms with E-state index < -0.39 is 0 Å². The van der Waals surface area contributed by atoms with Gasteiger partial charge in [0.05, 0.1) is 6.04 Å². The molecule has 1 aromatic heterocycles. The predicted molar refractivity (Wildman–Crippen MR) is 94.2 cm³/mol. The molecule has 0 radical (unpaired) electrons. The highest BCUT2D eigenvalue weighted by Gasteiger charge is 2.30. The number of rotatable bonds is 7. The SMILES string of the molecule is CN(C)C(=O)[C@@H]1CCCN1CCCNC(=O)/C=C/c1ccncc1. The highest BCUT2D eigenvalue weighted by atomic mass is 16.2. The lowest BCUT2D eigenvalue weighted by Crippen LogP contribution is -2.43. The van der Waals surface area contributed by atoms with E-state index in [-0.39, 0.29) is 17.9 Å². The van der Waals surface area contributed by atoms with Gasteiger partial charge in [-0.05, 0) is 49.6 Å². The largest absolute Gasteiger partial charge is 0.353 e. The molecule has 0 spiro atoms. The fourth-order valence-corrected chi connectivity index (χ4v) is 2.87. The summed E-state index contributed by atoms with van der Waals surface area (Å²) in [5, 5.41) is 2.88. The fraction of sp³-hybridized carbons (Fsp3) is 0.500. The van der Waals surface area contributed by atoms with Crippen molar-refractivity contribution in [1.82, 2.24) is 20.1 Å². The highest BCUT2D eigenvalue weighted by molar-refractivity contribution is 5.91. The second-order valence-corrected chi connectivity index (χ2v) is 6.19. The third-order valence-electron chi connectivity index (χ3n) is 4.14. The van der Waals surface area contributed by atoms with Crippen LogP contribution in [0.2, 0.25) is 0 Å². The van der Waals surface area contributed by atoms with E-state index in [1.807, 2.05) is 12.1 Å². The number of amides is 2. The molecule has 1 atom stereocenters. The molecule has 0 saturated carbocycles. The van der Waals surface area contributed by atoms with Gasteiger partial charge in [0, 0.05) is 45.7 Å². The van der Waals surface area contributed by atoms with E-state index in [1.165, 1.54) is 6.08 Å². The van der Waals surface area contributed by atoms with Gasteiger partial charge in [-0.15, -0.1) is 0 Å². The Morgan fingerprint density at radius 2 is 2.12 bits per heavy atom. The van der Waals surface area contributed by atoms with Crippen LogP contribution in [0.15, 0.2) is 30.6 Å². The maximum atomic E-state index is 12.1. The molecule has 6 heteroatoms. The van der Waals surface area contributed by atoms with E-state index in [4.69, 9.17) is 0 Å². The summed E-state index contributed by atoms with van der Waals surface area (Å²) in [7, 11) is 3.60. The second-order valence-electron chi connectivity index (χ2n) is 6.19. The first-order chi connectivity index (χ1) is 11.6. The Hall–Kier alpha value is -2.21. The number of likely N-dealkylation sites (N-methyl/N-ethyl adjacent to an activating group) is 1. The van der Waals surface area contributed by atoms with E-state index in [2.05, 4.69) is 15.2 Å². The molecule has 1 aliphatic rings. The van der Waals surface area contributed by atoms with Crippen molar-refractivity contribution >= 4 is 17.9 Å². The van der Waals surface area contributed by atoms with Gasteiger partial charge in [0.15, 0.2) is 0 Å². The molecule has 0 aromatic carbocycles. The molecule has 2 rings (SSSR count). The minimum atomic E-state index is -0.103. The number of pyridine rings is 1. The fourth-order valence-electron chi connectivity index (χ4n) is 2.87. The third-order valence-corrected chi connectivity index (χ3v) is 4.14. The molecule has 1 N–H and O–H groups in total. The zero-order valence-electron chi connectivity index (χ0n) is 14.4. The maximum absolute atomic E-state index is 12.1. The van der Waals surface area contributed by atoms with Gasteiger partial charge in [0.1, 0.15) is 0 Å². The van der Waals surface area contributed by atoms with Crippen molar-refractivity contribution in [3.8, 4) is 0 Å². The first-order valence-corrected chi connectivity index (χ1v) is 8.39. The molecule has 0 bridgehead atoms. The zero-order chi connectivity index (χ0) is 17.4. The van der Waals surface area contributed by atoms with E-state index >= 15 is 0 Å². The molecule has 0 unspecified atom stereocenters. The zero-order valence-corrected chi connectivity index (χ0v) is 14.4. The topological polar surface area (TPSA) is 65.5 Å². The summed E-state index contributed by atoms with van der Waals surface area (Å²) in [6.45, 7) is 2.40.